The van der Waals surface area contributed by atoms with E-state index in [0.717, 1.165) is 20.2 Å². The summed E-state index contributed by atoms with van der Waals surface area (Å²) in [4.78, 5) is 16.5. The molecule has 1 heterocycles. The van der Waals surface area contributed by atoms with Crippen LogP contribution >= 0.6 is 43.6 Å². The molecule has 3 aromatic rings. The Bertz CT molecular complexity index is 854. The summed E-state index contributed by atoms with van der Waals surface area (Å²) < 4.78 is 1.73. The third kappa shape index (κ3) is 4.46. The Kier molecular flexibility index (Phi) is 5.70. The lowest BCUT2D eigenvalue weighted by atomic mass is 10.2. The van der Waals surface area contributed by atoms with Gasteiger partial charge in [0.15, 0.2) is 5.82 Å². The molecule has 8 heteroatoms. The van der Waals surface area contributed by atoms with Gasteiger partial charge in [0.05, 0.1) is 11.4 Å². The van der Waals surface area contributed by atoms with Crippen LogP contribution in [0.15, 0.2) is 62.6 Å². The Morgan fingerprint density at radius 1 is 1.17 bits per heavy atom. The molecule has 1 aromatic heterocycles. The zero-order valence-electron chi connectivity index (χ0n) is 12.3. The zero-order chi connectivity index (χ0) is 16.9. The molecule has 0 atom stereocenters. The molecule has 0 unspecified atom stereocenters. The number of benzene rings is 2. The van der Waals surface area contributed by atoms with Crippen molar-refractivity contribution >= 4 is 55.2 Å². The summed E-state index contributed by atoms with van der Waals surface area (Å²) in [5.74, 6) is 0.795. The summed E-state index contributed by atoms with van der Waals surface area (Å²) in [6.45, 7) is 0. The van der Waals surface area contributed by atoms with Gasteiger partial charge in [-0.15, -0.1) is 5.10 Å². The first-order valence-electron chi connectivity index (χ1n) is 6.97. The lowest BCUT2D eigenvalue weighted by Crippen LogP contribution is -2.14. The van der Waals surface area contributed by atoms with Crippen LogP contribution in [-0.2, 0) is 4.79 Å². The standard InChI is InChI=1S/C16H12Br2N4OS/c17-11-6-7-12(18)13(8-11)19-14(23)9-24-16-20-15(21-22-16)10-4-2-1-3-5-10/h1-8H,9H2,(H,19,23)(H,20,21,22). The number of aromatic amines is 1. The van der Waals surface area contributed by atoms with E-state index in [1.54, 1.807) is 0 Å². The number of carbonyl (C=O) groups is 1. The molecule has 1 amide bonds. The number of amides is 1. The molecular weight excluding hydrogens is 456 g/mol. The Morgan fingerprint density at radius 3 is 2.75 bits per heavy atom. The van der Waals surface area contributed by atoms with E-state index in [2.05, 4.69) is 52.4 Å². The molecule has 0 spiro atoms. The fourth-order valence-corrected chi connectivity index (χ4v) is 3.25. The van der Waals surface area contributed by atoms with E-state index in [9.17, 15) is 4.79 Å². The van der Waals surface area contributed by atoms with Crippen LogP contribution in [0.5, 0.6) is 0 Å². The summed E-state index contributed by atoms with van der Waals surface area (Å²) in [5.41, 5.74) is 1.68. The number of H-pyrrole nitrogens is 1. The van der Waals surface area contributed by atoms with E-state index >= 15 is 0 Å². The molecule has 5 nitrogen and oxygen atoms in total. The highest BCUT2D eigenvalue weighted by Crippen LogP contribution is 2.26. The molecule has 0 aliphatic rings. The van der Waals surface area contributed by atoms with Gasteiger partial charge in [-0.1, -0.05) is 58.0 Å². The summed E-state index contributed by atoms with van der Waals surface area (Å²) in [6, 6.07) is 15.3. The van der Waals surface area contributed by atoms with Gasteiger partial charge < -0.3 is 5.32 Å². The Labute approximate surface area is 159 Å². The van der Waals surface area contributed by atoms with Crippen LogP contribution in [0.25, 0.3) is 11.4 Å². The summed E-state index contributed by atoms with van der Waals surface area (Å²) in [7, 11) is 0. The number of aromatic nitrogens is 3. The van der Waals surface area contributed by atoms with Crippen LogP contribution in [0.1, 0.15) is 0 Å². The third-order valence-corrected chi connectivity index (χ3v) is 5.08. The van der Waals surface area contributed by atoms with E-state index < -0.39 is 0 Å². The van der Waals surface area contributed by atoms with Gasteiger partial charge in [0.25, 0.3) is 0 Å². The second kappa shape index (κ2) is 7.96. The first-order chi connectivity index (χ1) is 11.6. The first kappa shape index (κ1) is 17.2. The van der Waals surface area contributed by atoms with Gasteiger partial charge in [-0.3, -0.25) is 9.89 Å². The molecule has 122 valence electrons. The van der Waals surface area contributed by atoms with Gasteiger partial charge in [-0.25, -0.2) is 4.98 Å². The molecular formula is C16H12Br2N4OS. The van der Waals surface area contributed by atoms with Gasteiger partial charge in [0, 0.05) is 14.5 Å². The number of rotatable bonds is 5. The Morgan fingerprint density at radius 2 is 1.96 bits per heavy atom. The lowest BCUT2D eigenvalue weighted by molar-refractivity contribution is -0.113. The maximum absolute atomic E-state index is 12.1. The Hall–Kier alpha value is -1.64. The molecule has 0 saturated carbocycles. The Balaban J connectivity index is 1.59. The van der Waals surface area contributed by atoms with E-state index in [0.29, 0.717) is 11.0 Å². The van der Waals surface area contributed by atoms with Crippen molar-refractivity contribution < 1.29 is 4.79 Å². The zero-order valence-corrected chi connectivity index (χ0v) is 16.3. The molecule has 0 radical (unpaired) electrons. The molecule has 0 bridgehead atoms. The number of nitrogens with zero attached hydrogens (tertiary/aromatic N) is 2. The SMILES string of the molecule is O=C(CSc1n[nH]c(-c2ccccc2)n1)Nc1cc(Br)ccc1Br. The van der Waals surface area contributed by atoms with Gasteiger partial charge in [0.2, 0.25) is 11.1 Å². The average Bonchev–Trinajstić information content (AvgIpc) is 3.06. The van der Waals surface area contributed by atoms with Gasteiger partial charge in [-0.05, 0) is 34.1 Å². The van der Waals surface area contributed by atoms with Crippen molar-refractivity contribution in [1.82, 2.24) is 15.2 Å². The predicted molar refractivity (Wildman–Crippen MR) is 103 cm³/mol. The molecule has 2 aromatic carbocycles. The van der Waals surface area contributed by atoms with Crippen molar-refractivity contribution in [2.75, 3.05) is 11.1 Å². The number of halogens is 2. The minimum absolute atomic E-state index is 0.120. The molecule has 0 fully saturated rings. The van der Waals surface area contributed by atoms with Crippen LogP contribution in [-0.4, -0.2) is 26.8 Å². The third-order valence-electron chi connectivity index (χ3n) is 3.05. The minimum atomic E-state index is -0.120. The number of thioether (sulfide) groups is 1. The van der Waals surface area contributed by atoms with Crippen LogP contribution < -0.4 is 5.32 Å². The largest absolute Gasteiger partial charge is 0.324 e. The van der Waals surface area contributed by atoms with Crippen LogP contribution in [0.3, 0.4) is 0 Å². The fraction of sp³-hybridized carbons (Fsp3) is 0.0625. The monoisotopic (exact) mass is 466 g/mol. The topological polar surface area (TPSA) is 70.7 Å². The summed E-state index contributed by atoms with van der Waals surface area (Å²) in [5, 5.41) is 10.4. The molecule has 2 N–H and O–H groups in total. The van der Waals surface area contributed by atoms with E-state index in [4.69, 9.17) is 0 Å². The summed E-state index contributed by atoms with van der Waals surface area (Å²) >= 11 is 8.08. The first-order valence-corrected chi connectivity index (χ1v) is 9.54. The van der Waals surface area contributed by atoms with Crippen molar-refractivity contribution in [3.8, 4) is 11.4 Å². The maximum Gasteiger partial charge on any atom is 0.234 e. The van der Waals surface area contributed by atoms with Gasteiger partial charge >= 0.3 is 0 Å². The van der Waals surface area contributed by atoms with Crippen LogP contribution in [0.4, 0.5) is 5.69 Å². The fourth-order valence-electron chi connectivity index (χ4n) is 1.95. The molecule has 0 aliphatic carbocycles. The van der Waals surface area contributed by atoms with E-state index in [-0.39, 0.29) is 11.7 Å². The highest BCUT2D eigenvalue weighted by Gasteiger charge is 2.10. The van der Waals surface area contributed by atoms with Crippen LogP contribution in [0.2, 0.25) is 0 Å². The highest BCUT2D eigenvalue weighted by molar-refractivity contribution is 9.11. The van der Waals surface area contributed by atoms with Crippen molar-refractivity contribution in [3.05, 3.63) is 57.5 Å². The average molecular weight is 468 g/mol. The number of nitrogens with one attached hydrogen (secondary N) is 2. The number of carbonyl (C=O) groups excluding carboxylic acids is 1. The van der Waals surface area contributed by atoms with Crippen molar-refractivity contribution in [3.63, 3.8) is 0 Å². The highest BCUT2D eigenvalue weighted by atomic mass is 79.9. The quantitative estimate of drug-likeness (QED) is 0.532. The van der Waals surface area contributed by atoms with Crippen molar-refractivity contribution in [1.29, 1.82) is 0 Å². The van der Waals surface area contributed by atoms with Gasteiger partial charge in [-0.2, -0.15) is 0 Å². The molecule has 0 aliphatic heterocycles. The predicted octanol–water partition coefficient (Wildman–Crippen LogP) is 4.73. The van der Waals surface area contributed by atoms with Crippen molar-refractivity contribution in [2.45, 2.75) is 5.16 Å². The van der Waals surface area contributed by atoms with Gasteiger partial charge in [0.1, 0.15) is 0 Å². The smallest absolute Gasteiger partial charge is 0.234 e. The second-order valence-electron chi connectivity index (χ2n) is 4.79. The van der Waals surface area contributed by atoms with Crippen LogP contribution in [0, 0.1) is 0 Å². The minimum Gasteiger partial charge on any atom is -0.324 e. The maximum atomic E-state index is 12.1. The number of hydrogen-bond acceptors (Lipinski definition) is 4. The lowest BCUT2D eigenvalue weighted by Gasteiger charge is -2.07. The van der Waals surface area contributed by atoms with E-state index in [1.165, 1.54) is 11.8 Å². The molecule has 0 saturated heterocycles. The van der Waals surface area contributed by atoms with Crippen molar-refractivity contribution in [2.24, 2.45) is 0 Å². The normalized spacial score (nSPS) is 10.6. The molecule has 24 heavy (non-hydrogen) atoms. The number of anilines is 1. The van der Waals surface area contributed by atoms with E-state index in [1.807, 2.05) is 48.5 Å². The molecule has 3 rings (SSSR count). The number of hydrogen-bond donors (Lipinski definition) is 2. The second-order valence-corrected chi connectivity index (χ2v) is 7.51. The summed E-state index contributed by atoms with van der Waals surface area (Å²) in [6.07, 6.45) is 0.